The number of ketones is 1. The summed E-state index contributed by atoms with van der Waals surface area (Å²) in [6.45, 7) is 1.46. The lowest BCUT2D eigenvalue weighted by atomic mass is 9.86. The SMILES string of the molecule is COc1ccc(CN(Cc2ccc(OC)cc2)c2cccc(C3CCC(=O)CC3)n2)cc1. The highest BCUT2D eigenvalue weighted by molar-refractivity contribution is 5.79. The van der Waals surface area contributed by atoms with Crippen LogP contribution in [0.3, 0.4) is 0 Å². The molecule has 0 radical (unpaired) electrons. The van der Waals surface area contributed by atoms with E-state index >= 15 is 0 Å². The van der Waals surface area contributed by atoms with Crippen LogP contribution in [0.15, 0.2) is 66.7 Å². The number of Topliss-reactive ketones (excluding diaryl/α,β-unsaturated/α-hetero) is 1. The molecule has 32 heavy (non-hydrogen) atoms. The van der Waals surface area contributed by atoms with Crippen LogP contribution in [0.2, 0.25) is 0 Å². The van der Waals surface area contributed by atoms with Crippen molar-refractivity contribution in [3.8, 4) is 11.5 Å². The van der Waals surface area contributed by atoms with E-state index in [1.807, 2.05) is 24.3 Å². The first-order chi connectivity index (χ1) is 15.6. The lowest BCUT2D eigenvalue weighted by molar-refractivity contribution is -0.120. The van der Waals surface area contributed by atoms with E-state index in [4.69, 9.17) is 14.5 Å². The quantitative estimate of drug-likeness (QED) is 0.470. The molecule has 1 fully saturated rings. The third-order valence-corrected chi connectivity index (χ3v) is 6.11. The van der Waals surface area contributed by atoms with Crippen molar-refractivity contribution < 1.29 is 14.3 Å². The maximum Gasteiger partial charge on any atom is 0.132 e. The zero-order valence-electron chi connectivity index (χ0n) is 18.8. The largest absolute Gasteiger partial charge is 0.497 e. The molecule has 0 aliphatic heterocycles. The number of carbonyl (C=O) groups is 1. The van der Waals surface area contributed by atoms with Crippen LogP contribution >= 0.6 is 0 Å². The summed E-state index contributed by atoms with van der Waals surface area (Å²) in [7, 11) is 3.36. The highest BCUT2D eigenvalue weighted by atomic mass is 16.5. The van der Waals surface area contributed by atoms with Gasteiger partial charge < -0.3 is 14.4 Å². The van der Waals surface area contributed by atoms with E-state index in [0.717, 1.165) is 48.9 Å². The third kappa shape index (κ3) is 5.47. The number of rotatable bonds is 8. The number of hydrogen-bond acceptors (Lipinski definition) is 5. The predicted molar refractivity (Wildman–Crippen MR) is 126 cm³/mol. The highest BCUT2D eigenvalue weighted by Gasteiger charge is 2.22. The van der Waals surface area contributed by atoms with Gasteiger partial charge in [-0.1, -0.05) is 30.3 Å². The van der Waals surface area contributed by atoms with Gasteiger partial charge in [0.05, 0.1) is 14.2 Å². The fourth-order valence-electron chi connectivity index (χ4n) is 4.20. The number of carbonyl (C=O) groups excluding carboxylic acids is 1. The molecule has 0 N–H and O–H groups in total. The molecule has 0 atom stereocenters. The second-order valence-corrected chi connectivity index (χ2v) is 8.29. The Morgan fingerprint density at radius 2 is 1.34 bits per heavy atom. The van der Waals surface area contributed by atoms with E-state index in [1.165, 1.54) is 11.1 Å². The smallest absolute Gasteiger partial charge is 0.132 e. The number of hydrogen-bond donors (Lipinski definition) is 0. The fourth-order valence-corrected chi connectivity index (χ4v) is 4.20. The molecular weight excluding hydrogens is 400 g/mol. The van der Waals surface area contributed by atoms with Crippen LogP contribution < -0.4 is 14.4 Å². The molecule has 166 valence electrons. The summed E-state index contributed by atoms with van der Waals surface area (Å²) in [6.07, 6.45) is 3.12. The molecule has 4 rings (SSSR count). The first kappa shape index (κ1) is 21.9. The first-order valence-electron chi connectivity index (χ1n) is 11.1. The number of nitrogens with zero attached hydrogens (tertiary/aromatic N) is 2. The number of anilines is 1. The Kier molecular flexibility index (Phi) is 7.05. The number of aromatic nitrogens is 1. The molecule has 0 spiro atoms. The van der Waals surface area contributed by atoms with Gasteiger partial charge in [0.2, 0.25) is 0 Å². The standard InChI is InChI=1S/C27H30N2O3/c1-31-24-14-6-20(7-15-24)18-29(19-21-8-16-25(32-2)17-9-21)27-5-3-4-26(28-27)22-10-12-23(30)13-11-22/h3-9,14-17,22H,10-13,18-19H2,1-2H3. The molecule has 0 saturated heterocycles. The summed E-state index contributed by atoms with van der Waals surface area (Å²) in [5.41, 5.74) is 3.47. The molecular formula is C27H30N2O3. The van der Waals surface area contributed by atoms with Gasteiger partial charge >= 0.3 is 0 Å². The average molecular weight is 431 g/mol. The summed E-state index contributed by atoms with van der Waals surface area (Å²) < 4.78 is 10.6. The molecule has 1 heterocycles. The molecule has 1 aromatic heterocycles. The highest BCUT2D eigenvalue weighted by Crippen LogP contribution is 2.31. The van der Waals surface area contributed by atoms with Crippen molar-refractivity contribution in [3.63, 3.8) is 0 Å². The number of pyridine rings is 1. The topological polar surface area (TPSA) is 51.7 Å². The lowest BCUT2D eigenvalue weighted by Crippen LogP contribution is -2.24. The van der Waals surface area contributed by atoms with Crippen molar-refractivity contribution in [1.82, 2.24) is 4.98 Å². The van der Waals surface area contributed by atoms with E-state index in [2.05, 4.69) is 47.4 Å². The number of benzene rings is 2. The van der Waals surface area contributed by atoms with E-state index in [9.17, 15) is 4.79 Å². The Morgan fingerprint density at radius 1 is 0.812 bits per heavy atom. The summed E-state index contributed by atoms with van der Waals surface area (Å²) in [6, 6.07) is 22.6. The van der Waals surface area contributed by atoms with Gasteiger partial charge in [0.1, 0.15) is 23.1 Å². The van der Waals surface area contributed by atoms with Gasteiger partial charge in [-0.25, -0.2) is 4.98 Å². The predicted octanol–water partition coefficient (Wildman–Crippen LogP) is 5.53. The molecule has 5 heteroatoms. The molecule has 5 nitrogen and oxygen atoms in total. The van der Waals surface area contributed by atoms with E-state index < -0.39 is 0 Å². The van der Waals surface area contributed by atoms with E-state index in [0.29, 0.717) is 24.5 Å². The molecule has 2 aromatic carbocycles. The van der Waals surface area contributed by atoms with E-state index in [1.54, 1.807) is 14.2 Å². The third-order valence-electron chi connectivity index (χ3n) is 6.11. The molecule has 1 aliphatic carbocycles. The Morgan fingerprint density at radius 3 is 1.84 bits per heavy atom. The van der Waals surface area contributed by atoms with Crippen molar-refractivity contribution >= 4 is 11.6 Å². The van der Waals surface area contributed by atoms with E-state index in [-0.39, 0.29) is 0 Å². The molecule has 0 unspecified atom stereocenters. The maximum absolute atomic E-state index is 11.7. The summed E-state index contributed by atoms with van der Waals surface area (Å²) in [5.74, 6) is 3.38. The van der Waals surface area contributed by atoms with Gasteiger partial charge in [-0.3, -0.25) is 4.79 Å². The lowest BCUT2D eigenvalue weighted by Gasteiger charge is -2.26. The Labute approximate surface area is 190 Å². The summed E-state index contributed by atoms with van der Waals surface area (Å²) >= 11 is 0. The first-order valence-corrected chi connectivity index (χ1v) is 11.1. The number of ether oxygens (including phenoxy) is 2. The Hall–Kier alpha value is -3.34. The molecule has 1 saturated carbocycles. The molecule has 0 bridgehead atoms. The maximum atomic E-state index is 11.7. The van der Waals surface area contributed by atoms with Crippen molar-refractivity contribution in [2.45, 2.75) is 44.7 Å². The molecule has 3 aromatic rings. The van der Waals surface area contributed by atoms with Gasteiger partial charge in [0.15, 0.2) is 0 Å². The second kappa shape index (κ2) is 10.3. The van der Waals surface area contributed by atoms with Crippen LogP contribution in [-0.4, -0.2) is 25.0 Å². The van der Waals surface area contributed by atoms with Gasteiger partial charge in [-0.2, -0.15) is 0 Å². The van der Waals surface area contributed by atoms with Crippen LogP contribution in [0.1, 0.15) is 48.4 Å². The average Bonchev–Trinajstić information content (AvgIpc) is 2.85. The molecule has 1 aliphatic rings. The summed E-state index contributed by atoms with van der Waals surface area (Å²) in [5, 5.41) is 0. The number of methoxy groups -OCH3 is 2. The Bertz CT molecular complexity index is 972. The molecule has 0 amide bonds. The second-order valence-electron chi connectivity index (χ2n) is 8.29. The van der Waals surface area contributed by atoms with Crippen LogP contribution in [0.4, 0.5) is 5.82 Å². The monoisotopic (exact) mass is 430 g/mol. The fraction of sp³-hybridized carbons (Fsp3) is 0.333. The van der Waals surface area contributed by atoms with Crippen LogP contribution in [0, 0.1) is 0 Å². The van der Waals surface area contributed by atoms with Crippen molar-refractivity contribution in [3.05, 3.63) is 83.6 Å². The minimum Gasteiger partial charge on any atom is -0.497 e. The van der Waals surface area contributed by atoms with Crippen LogP contribution in [-0.2, 0) is 17.9 Å². The van der Waals surface area contributed by atoms with Crippen molar-refractivity contribution in [1.29, 1.82) is 0 Å². The van der Waals surface area contributed by atoms with Gasteiger partial charge in [0, 0.05) is 37.5 Å². The van der Waals surface area contributed by atoms with Gasteiger partial charge in [0.25, 0.3) is 0 Å². The minimum absolute atomic E-state index is 0.358. The summed E-state index contributed by atoms with van der Waals surface area (Å²) in [4.78, 5) is 19.0. The van der Waals surface area contributed by atoms with Gasteiger partial charge in [-0.15, -0.1) is 0 Å². The Balaban J connectivity index is 1.59. The van der Waals surface area contributed by atoms with Crippen molar-refractivity contribution in [2.24, 2.45) is 0 Å². The minimum atomic E-state index is 0.358. The zero-order valence-corrected chi connectivity index (χ0v) is 18.8. The zero-order chi connectivity index (χ0) is 22.3. The van der Waals surface area contributed by atoms with Crippen molar-refractivity contribution in [2.75, 3.05) is 19.1 Å². The van der Waals surface area contributed by atoms with Crippen LogP contribution in [0.5, 0.6) is 11.5 Å². The van der Waals surface area contributed by atoms with Crippen LogP contribution in [0.25, 0.3) is 0 Å². The van der Waals surface area contributed by atoms with Gasteiger partial charge in [-0.05, 0) is 60.4 Å². The normalized spacial score (nSPS) is 14.2.